The van der Waals surface area contributed by atoms with Gasteiger partial charge in [-0.1, -0.05) is 13.8 Å². The van der Waals surface area contributed by atoms with E-state index in [9.17, 15) is 8.42 Å². The van der Waals surface area contributed by atoms with Crippen LogP contribution in [0.3, 0.4) is 0 Å². The van der Waals surface area contributed by atoms with E-state index in [0.29, 0.717) is 6.54 Å². The molecule has 1 aromatic rings. The van der Waals surface area contributed by atoms with E-state index in [4.69, 9.17) is 0 Å². The van der Waals surface area contributed by atoms with Crippen LogP contribution in [0.4, 0.5) is 0 Å². The minimum Gasteiger partial charge on any atom is -0.308 e. The Kier molecular flexibility index (Phi) is 5.77. The van der Waals surface area contributed by atoms with Crippen molar-refractivity contribution in [1.82, 2.24) is 15.1 Å². The molecule has 0 unspecified atom stereocenters. The monoisotopic (exact) mass is 301 g/mol. The minimum atomic E-state index is -2.95. The molecule has 0 bridgehead atoms. The quantitative estimate of drug-likeness (QED) is 0.833. The molecule has 1 N–H and O–H groups in total. The number of aromatic nitrogens is 2. The molecule has 0 radical (unpaired) electrons. The van der Waals surface area contributed by atoms with Gasteiger partial charge in [-0.05, 0) is 27.2 Å². The van der Waals surface area contributed by atoms with Crippen LogP contribution in [0.2, 0.25) is 0 Å². The Balaban J connectivity index is 2.77. The summed E-state index contributed by atoms with van der Waals surface area (Å²) >= 11 is 0. The van der Waals surface area contributed by atoms with Gasteiger partial charge in [-0.25, -0.2) is 8.42 Å². The van der Waals surface area contributed by atoms with Gasteiger partial charge in [0.1, 0.15) is 0 Å². The molecule has 0 aliphatic rings. The molecule has 0 atom stereocenters. The van der Waals surface area contributed by atoms with Gasteiger partial charge in [0.25, 0.3) is 0 Å². The normalized spacial score (nSPS) is 12.8. The lowest BCUT2D eigenvalue weighted by atomic mass is 10.1. The summed E-state index contributed by atoms with van der Waals surface area (Å²) in [7, 11) is -2.95. The van der Waals surface area contributed by atoms with E-state index < -0.39 is 9.84 Å². The van der Waals surface area contributed by atoms with Crippen LogP contribution in [0, 0.1) is 0 Å². The first-order chi connectivity index (χ1) is 9.18. The highest BCUT2D eigenvalue weighted by Crippen LogP contribution is 2.12. The van der Waals surface area contributed by atoms with Crippen molar-refractivity contribution in [3.63, 3.8) is 0 Å². The van der Waals surface area contributed by atoms with Crippen molar-refractivity contribution in [1.29, 1.82) is 0 Å². The zero-order valence-corrected chi connectivity index (χ0v) is 14.0. The molecule has 1 rings (SSSR count). The van der Waals surface area contributed by atoms with Gasteiger partial charge in [0, 0.05) is 29.1 Å². The number of hydrogen-bond acceptors (Lipinski definition) is 4. The second-order valence-electron chi connectivity index (χ2n) is 6.03. The molecular formula is C14H27N3O2S. The molecule has 1 heterocycles. The fourth-order valence-electron chi connectivity index (χ4n) is 1.93. The Hall–Kier alpha value is -0.880. The van der Waals surface area contributed by atoms with Crippen LogP contribution in [0.25, 0.3) is 0 Å². The van der Waals surface area contributed by atoms with E-state index in [2.05, 4.69) is 38.1 Å². The topological polar surface area (TPSA) is 64.0 Å². The maximum Gasteiger partial charge on any atom is 0.151 e. The first-order valence-electron chi connectivity index (χ1n) is 7.17. The fraction of sp³-hybridized carbons (Fsp3) is 0.786. The molecule has 0 aromatic carbocycles. The Morgan fingerprint density at radius 2 is 1.95 bits per heavy atom. The number of nitrogens with zero attached hydrogens (tertiary/aromatic N) is 2. The van der Waals surface area contributed by atoms with Gasteiger partial charge in [0.05, 0.1) is 18.5 Å². The van der Waals surface area contributed by atoms with Gasteiger partial charge in [0.2, 0.25) is 0 Å². The maximum absolute atomic E-state index is 11.6. The van der Waals surface area contributed by atoms with Gasteiger partial charge in [-0.2, -0.15) is 5.10 Å². The molecule has 20 heavy (non-hydrogen) atoms. The van der Waals surface area contributed by atoms with Crippen LogP contribution in [-0.4, -0.2) is 35.2 Å². The van der Waals surface area contributed by atoms with Crippen molar-refractivity contribution in [2.75, 3.05) is 11.5 Å². The summed E-state index contributed by atoms with van der Waals surface area (Å²) in [5, 5.41) is 7.78. The van der Waals surface area contributed by atoms with E-state index in [1.165, 1.54) is 0 Å². The molecule has 0 aliphatic heterocycles. The van der Waals surface area contributed by atoms with Crippen molar-refractivity contribution in [3.05, 3.63) is 17.5 Å². The van der Waals surface area contributed by atoms with Crippen LogP contribution >= 0.6 is 0 Å². The summed E-state index contributed by atoms with van der Waals surface area (Å²) in [6.07, 6.45) is 2.70. The van der Waals surface area contributed by atoms with E-state index in [1.54, 1.807) is 6.92 Å². The van der Waals surface area contributed by atoms with Crippen molar-refractivity contribution in [2.24, 2.45) is 0 Å². The number of nitrogens with one attached hydrogen (secondary N) is 1. The summed E-state index contributed by atoms with van der Waals surface area (Å²) in [4.78, 5) is 0. The van der Waals surface area contributed by atoms with Crippen molar-refractivity contribution < 1.29 is 8.42 Å². The van der Waals surface area contributed by atoms with Crippen molar-refractivity contribution >= 4 is 9.84 Å². The molecule has 1 aromatic heterocycles. The SMILES string of the molecule is CCc1c(CNC(C)(C)C)cnn1CCS(=O)(=O)CC. The molecular weight excluding hydrogens is 274 g/mol. The molecule has 0 spiro atoms. The predicted molar refractivity (Wildman–Crippen MR) is 82.5 cm³/mol. The molecule has 0 amide bonds. The van der Waals surface area contributed by atoms with Crippen LogP contribution < -0.4 is 5.32 Å². The lowest BCUT2D eigenvalue weighted by molar-refractivity contribution is 0.423. The molecule has 0 saturated heterocycles. The summed E-state index contributed by atoms with van der Waals surface area (Å²) in [5.74, 6) is 0.346. The first-order valence-corrected chi connectivity index (χ1v) is 8.99. The van der Waals surface area contributed by atoms with Gasteiger partial charge in [0.15, 0.2) is 9.84 Å². The first kappa shape index (κ1) is 17.2. The van der Waals surface area contributed by atoms with Crippen molar-refractivity contribution in [3.8, 4) is 0 Å². The average Bonchev–Trinajstić information content (AvgIpc) is 2.75. The number of sulfone groups is 1. The Morgan fingerprint density at radius 3 is 2.45 bits per heavy atom. The molecule has 116 valence electrons. The third kappa shape index (κ3) is 5.25. The smallest absolute Gasteiger partial charge is 0.151 e. The molecule has 0 saturated carbocycles. The van der Waals surface area contributed by atoms with Crippen LogP contribution in [-0.2, 0) is 29.3 Å². The summed E-state index contributed by atoms with van der Waals surface area (Å²) in [6, 6.07) is 0. The molecule has 5 nitrogen and oxygen atoms in total. The standard InChI is InChI=1S/C14H27N3O2S/c1-6-13-12(10-15-14(3,4)5)11-16-17(13)8-9-20(18,19)7-2/h11,15H,6-10H2,1-5H3. The highest BCUT2D eigenvalue weighted by Gasteiger charge is 2.15. The van der Waals surface area contributed by atoms with Gasteiger partial charge in [-0.15, -0.1) is 0 Å². The third-order valence-corrected chi connectivity index (χ3v) is 4.92. The third-order valence-electron chi connectivity index (χ3n) is 3.23. The van der Waals surface area contributed by atoms with E-state index >= 15 is 0 Å². The van der Waals surface area contributed by atoms with Gasteiger partial charge in [-0.3, -0.25) is 4.68 Å². The van der Waals surface area contributed by atoms with Crippen LogP contribution in [0.1, 0.15) is 45.9 Å². The number of rotatable bonds is 7. The Morgan fingerprint density at radius 1 is 1.30 bits per heavy atom. The summed E-state index contributed by atoms with van der Waals surface area (Å²) in [6.45, 7) is 11.3. The zero-order valence-electron chi connectivity index (χ0n) is 13.2. The number of aryl methyl sites for hydroxylation is 1. The highest BCUT2D eigenvalue weighted by molar-refractivity contribution is 7.91. The lowest BCUT2D eigenvalue weighted by Gasteiger charge is -2.20. The second kappa shape index (κ2) is 6.72. The average molecular weight is 301 g/mol. The minimum absolute atomic E-state index is 0.0542. The largest absolute Gasteiger partial charge is 0.308 e. The molecule has 0 aliphatic carbocycles. The van der Waals surface area contributed by atoms with E-state index in [1.807, 2.05) is 10.9 Å². The summed E-state index contributed by atoms with van der Waals surface area (Å²) < 4.78 is 25.0. The Labute approximate surface area is 122 Å². The van der Waals surface area contributed by atoms with Gasteiger partial charge < -0.3 is 5.32 Å². The maximum atomic E-state index is 11.6. The van der Waals surface area contributed by atoms with Crippen LogP contribution in [0.15, 0.2) is 6.20 Å². The Bertz CT molecular complexity index is 527. The fourth-order valence-corrected chi connectivity index (χ4v) is 2.67. The van der Waals surface area contributed by atoms with E-state index in [0.717, 1.165) is 24.2 Å². The van der Waals surface area contributed by atoms with E-state index in [-0.39, 0.29) is 17.0 Å². The predicted octanol–water partition coefficient (Wildman–Crippen LogP) is 1.77. The lowest BCUT2D eigenvalue weighted by Crippen LogP contribution is -2.35. The number of hydrogen-bond donors (Lipinski definition) is 1. The highest BCUT2D eigenvalue weighted by atomic mass is 32.2. The molecule has 6 heteroatoms. The van der Waals surface area contributed by atoms with Crippen molar-refractivity contribution in [2.45, 2.75) is 59.7 Å². The zero-order chi connectivity index (χ0) is 15.4. The second-order valence-corrected chi connectivity index (χ2v) is 8.51. The molecule has 0 fully saturated rings. The summed E-state index contributed by atoms with van der Waals surface area (Å²) in [5.41, 5.74) is 2.32. The van der Waals surface area contributed by atoms with Crippen LogP contribution in [0.5, 0.6) is 0 Å². The van der Waals surface area contributed by atoms with Gasteiger partial charge >= 0.3 is 0 Å².